The molecule has 2 N–H and O–H groups in total. The van der Waals surface area contributed by atoms with Crippen LogP contribution in [0.25, 0.3) is 10.9 Å². The maximum absolute atomic E-state index is 12.4. The van der Waals surface area contributed by atoms with Crippen molar-refractivity contribution in [1.82, 2.24) is 4.98 Å². The molecule has 0 saturated heterocycles. The van der Waals surface area contributed by atoms with Crippen molar-refractivity contribution in [2.45, 2.75) is 26.2 Å². The second-order valence-corrected chi connectivity index (χ2v) is 6.58. The highest BCUT2D eigenvalue weighted by Crippen LogP contribution is 2.30. The Morgan fingerprint density at radius 1 is 1.24 bits per heavy atom. The fourth-order valence-corrected chi connectivity index (χ4v) is 3.66. The lowest BCUT2D eigenvalue weighted by atomic mass is 10.1. The van der Waals surface area contributed by atoms with Crippen molar-refractivity contribution in [3.63, 3.8) is 0 Å². The number of nitrogens with one attached hydrogen (secondary N) is 2. The van der Waals surface area contributed by atoms with Crippen molar-refractivity contribution in [1.29, 1.82) is 0 Å². The van der Waals surface area contributed by atoms with Gasteiger partial charge in [0.25, 0.3) is 0 Å². The molecule has 4 rings (SSSR count). The summed E-state index contributed by atoms with van der Waals surface area (Å²) in [6.45, 7) is 4.25. The number of aryl methyl sites for hydroxylation is 1. The SMILES string of the molecule is CCN1CCc2ccc(NC(=O)CCc3c[nH]c4ccccc34)cc21. The molecule has 0 spiro atoms. The molecule has 0 saturated carbocycles. The van der Waals surface area contributed by atoms with Gasteiger partial charge in [0.1, 0.15) is 0 Å². The second kappa shape index (κ2) is 6.63. The van der Waals surface area contributed by atoms with Gasteiger partial charge in [-0.1, -0.05) is 24.3 Å². The lowest BCUT2D eigenvalue weighted by molar-refractivity contribution is -0.116. The number of aromatic nitrogens is 1. The smallest absolute Gasteiger partial charge is 0.224 e. The molecule has 2 heterocycles. The van der Waals surface area contributed by atoms with E-state index in [0.717, 1.165) is 37.1 Å². The summed E-state index contributed by atoms with van der Waals surface area (Å²) in [5.74, 6) is 0.0614. The first-order valence-electron chi connectivity index (χ1n) is 8.97. The van der Waals surface area contributed by atoms with E-state index in [1.165, 1.54) is 22.2 Å². The number of aromatic amines is 1. The number of hydrogen-bond donors (Lipinski definition) is 2. The number of fused-ring (bicyclic) bond motifs is 2. The van der Waals surface area contributed by atoms with Crippen molar-refractivity contribution in [3.8, 4) is 0 Å². The standard InChI is InChI=1S/C21H23N3O/c1-2-24-12-11-15-7-9-17(13-20(15)24)23-21(25)10-8-16-14-22-19-6-4-3-5-18(16)19/h3-7,9,13-14,22H,2,8,10-12H2,1H3,(H,23,25). The van der Waals surface area contributed by atoms with Gasteiger partial charge in [-0.05, 0) is 49.1 Å². The highest BCUT2D eigenvalue weighted by Gasteiger charge is 2.18. The van der Waals surface area contributed by atoms with E-state index in [9.17, 15) is 4.79 Å². The van der Waals surface area contributed by atoms with E-state index >= 15 is 0 Å². The maximum atomic E-state index is 12.4. The quantitative estimate of drug-likeness (QED) is 0.738. The van der Waals surface area contributed by atoms with Crippen molar-refractivity contribution in [3.05, 3.63) is 59.8 Å². The third kappa shape index (κ3) is 3.12. The zero-order valence-corrected chi connectivity index (χ0v) is 14.5. The molecule has 3 aromatic rings. The first kappa shape index (κ1) is 15.8. The molecule has 128 valence electrons. The molecule has 2 aromatic carbocycles. The molecular formula is C21H23N3O. The molecule has 0 aliphatic carbocycles. The zero-order valence-electron chi connectivity index (χ0n) is 14.5. The van der Waals surface area contributed by atoms with Crippen LogP contribution in [0.1, 0.15) is 24.5 Å². The van der Waals surface area contributed by atoms with E-state index in [2.05, 4.69) is 46.4 Å². The van der Waals surface area contributed by atoms with Gasteiger partial charge < -0.3 is 15.2 Å². The highest BCUT2D eigenvalue weighted by atomic mass is 16.1. The number of H-pyrrole nitrogens is 1. The molecule has 4 heteroatoms. The minimum Gasteiger partial charge on any atom is -0.371 e. The van der Waals surface area contributed by atoms with Gasteiger partial charge in [0.2, 0.25) is 5.91 Å². The number of anilines is 2. The summed E-state index contributed by atoms with van der Waals surface area (Å²) in [4.78, 5) is 18.0. The predicted octanol–water partition coefficient (Wildman–Crippen LogP) is 4.12. The van der Waals surface area contributed by atoms with Crippen molar-refractivity contribution in [2.75, 3.05) is 23.3 Å². The Kier molecular flexibility index (Phi) is 4.18. The first-order chi connectivity index (χ1) is 12.2. The molecule has 0 unspecified atom stereocenters. The van der Waals surface area contributed by atoms with Crippen LogP contribution in [0, 0.1) is 0 Å². The van der Waals surface area contributed by atoms with Crippen LogP contribution in [0.4, 0.5) is 11.4 Å². The molecule has 0 bridgehead atoms. The van der Waals surface area contributed by atoms with Gasteiger partial charge in [-0.15, -0.1) is 0 Å². The number of benzene rings is 2. The van der Waals surface area contributed by atoms with Crippen molar-refractivity contribution >= 4 is 28.2 Å². The zero-order chi connectivity index (χ0) is 17.2. The summed E-state index contributed by atoms with van der Waals surface area (Å²) in [5.41, 5.74) is 5.84. The van der Waals surface area contributed by atoms with Crippen molar-refractivity contribution in [2.24, 2.45) is 0 Å². The number of amides is 1. The second-order valence-electron chi connectivity index (χ2n) is 6.58. The largest absolute Gasteiger partial charge is 0.371 e. The molecule has 0 atom stereocenters. The summed E-state index contributed by atoms with van der Waals surface area (Å²) in [6.07, 6.45) is 4.32. The Morgan fingerprint density at radius 3 is 3.00 bits per heavy atom. The van der Waals surface area contributed by atoms with Crippen LogP contribution in [0.3, 0.4) is 0 Å². The van der Waals surface area contributed by atoms with Gasteiger partial charge in [0, 0.05) is 48.0 Å². The van der Waals surface area contributed by atoms with E-state index in [0.29, 0.717) is 6.42 Å². The molecule has 0 radical (unpaired) electrons. The summed E-state index contributed by atoms with van der Waals surface area (Å²) in [5, 5.41) is 4.25. The number of likely N-dealkylation sites (N-methyl/N-ethyl adjacent to an activating group) is 1. The Balaban J connectivity index is 1.41. The van der Waals surface area contributed by atoms with Crippen LogP contribution in [0.15, 0.2) is 48.7 Å². The van der Waals surface area contributed by atoms with Gasteiger partial charge in [0.05, 0.1) is 0 Å². The first-order valence-corrected chi connectivity index (χ1v) is 8.97. The summed E-state index contributed by atoms with van der Waals surface area (Å²) in [6, 6.07) is 14.5. The van der Waals surface area contributed by atoms with E-state index in [4.69, 9.17) is 0 Å². The lowest BCUT2D eigenvalue weighted by Crippen LogP contribution is -2.19. The highest BCUT2D eigenvalue weighted by molar-refractivity contribution is 5.92. The van der Waals surface area contributed by atoms with Gasteiger partial charge in [-0.25, -0.2) is 0 Å². The third-order valence-corrected chi connectivity index (χ3v) is 5.04. The van der Waals surface area contributed by atoms with Crippen molar-refractivity contribution < 1.29 is 4.79 Å². The number of hydrogen-bond acceptors (Lipinski definition) is 2. The molecule has 1 aliphatic heterocycles. The topological polar surface area (TPSA) is 48.1 Å². The van der Waals surface area contributed by atoms with Crippen LogP contribution in [0.2, 0.25) is 0 Å². The monoisotopic (exact) mass is 333 g/mol. The maximum Gasteiger partial charge on any atom is 0.224 e. The van der Waals surface area contributed by atoms with Gasteiger partial charge in [-0.3, -0.25) is 4.79 Å². The number of carbonyl (C=O) groups is 1. The van der Waals surface area contributed by atoms with E-state index < -0.39 is 0 Å². The molecule has 25 heavy (non-hydrogen) atoms. The van der Waals surface area contributed by atoms with E-state index in [1.807, 2.05) is 24.4 Å². The molecule has 1 amide bonds. The molecular weight excluding hydrogens is 310 g/mol. The van der Waals surface area contributed by atoms with E-state index in [1.54, 1.807) is 0 Å². The van der Waals surface area contributed by atoms with Crippen LogP contribution in [-0.2, 0) is 17.6 Å². The Morgan fingerprint density at radius 2 is 2.12 bits per heavy atom. The Hall–Kier alpha value is -2.75. The normalized spacial score (nSPS) is 13.2. The molecule has 0 fully saturated rings. The Bertz CT molecular complexity index is 912. The number of para-hydroxylation sites is 1. The number of nitrogens with zero attached hydrogens (tertiary/aromatic N) is 1. The van der Waals surface area contributed by atoms with Gasteiger partial charge in [-0.2, -0.15) is 0 Å². The van der Waals surface area contributed by atoms with E-state index in [-0.39, 0.29) is 5.91 Å². The van der Waals surface area contributed by atoms with Crippen LogP contribution >= 0.6 is 0 Å². The summed E-state index contributed by atoms with van der Waals surface area (Å²) >= 11 is 0. The fourth-order valence-electron chi connectivity index (χ4n) is 3.66. The summed E-state index contributed by atoms with van der Waals surface area (Å²) in [7, 11) is 0. The molecule has 4 nitrogen and oxygen atoms in total. The Labute approximate surface area is 147 Å². The average Bonchev–Trinajstić information content (AvgIpc) is 3.23. The molecule has 1 aliphatic rings. The van der Waals surface area contributed by atoms with Crippen LogP contribution < -0.4 is 10.2 Å². The average molecular weight is 333 g/mol. The van der Waals surface area contributed by atoms with Crippen LogP contribution in [0.5, 0.6) is 0 Å². The lowest BCUT2D eigenvalue weighted by Gasteiger charge is -2.17. The third-order valence-electron chi connectivity index (χ3n) is 5.04. The number of rotatable bonds is 5. The van der Waals surface area contributed by atoms with Gasteiger partial charge in [0.15, 0.2) is 0 Å². The minimum absolute atomic E-state index is 0.0614. The number of carbonyl (C=O) groups excluding carboxylic acids is 1. The van der Waals surface area contributed by atoms with Crippen LogP contribution in [-0.4, -0.2) is 24.0 Å². The predicted molar refractivity (Wildman–Crippen MR) is 103 cm³/mol. The molecule has 1 aromatic heterocycles. The minimum atomic E-state index is 0.0614. The van der Waals surface area contributed by atoms with Gasteiger partial charge >= 0.3 is 0 Å². The summed E-state index contributed by atoms with van der Waals surface area (Å²) < 4.78 is 0. The fraction of sp³-hybridized carbons (Fsp3) is 0.286.